The molecule has 2 N–H and O–H groups in total. The molecule has 0 spiro atoms. The number of carbonyl (C=O) groups excluding carboxylic acids is 1. The number of hydrogen-bond donors (Lipinski definition) is 2. The summed E-state index contributed by atoms with van der Waals surface area (Å²) in [6.07, 6.45) is 1.11. The number of nitrogens with one attached hydrogen (secondary N) is 2. The number of anilines is 1. The first kappa shape index (κ1) is 16.2. The van der Waals surface area contributed by atoms with Crippen molar-refractivity contribution in [3.05, 3.63) is 35.9 Å². The van der Waals surface area contributed by atoms with Crippen LogP contribution in [-0.4, -0.2) is 36.5 Å². The van der Waals surface area contributed by atoms with Gasteiger partial charge >= 0.3 is 0 Å². The zero-order chi connectivity index (χ0) is 16.3. The van der Waals surface area contributed by atoms with Crippen LogP contribution in [0.15, 0.2) is 30.3 Å². The summed E-state index contributed by atoms with van der Waals surface area (Å²) in [6.45, 7) is 3.56. The number of aromatic nitrogens is 2. The molecule has 2 rings (SSSR count). The molecule has 0 aliphatic heterocycles. The van der Waals surface area contributed by atoms with Crippen molar-refractivity contribution >= 4 is 21.6 Å². The molecule has 0 aliphatic carbocycles. The highest BCUT2D eigenvalue weighted by Crippen LogP contribution is 2.23. The van der Waals surface area contributed by atoms with E-state index in [9.17, 15) is 13.2 Å². The average Bonchev–Trinajstić information content (AvgIpc) is 2.85. The SMILES string of the molecule is Cc1ccccc1-c1cc(NC(=O)[C@H](C)CS(C)(=O)=O)n[nH]1. The fraction of sp³-hybridized carbons (Fsp3) is 0.333. The molecule has 7 heteroatoms. The van der Waals surface area contributed by atoms with Crippen molar-refractivity contribution < 1.29 is 13.2 Å². The molecule has 1 aromatic heterocycles. The van der Waals surface area contributed by atoms with Crippen LogP contribution in [0, 0.1) is 12.8 Å². The van der Waals surface area contributed by atoms with Gasteiger partial charge in [-0.1, -0.05) is 31.2 Å². The molecule has 1 heterocycles. The Hall–Kier alpha value is -2.15. The smallest absolute Gasteiger partial charge is 0.229 e. The molecule has 0 saturated carbocycles. The number of carbonyl (C=O) groups is 1. The Bertz CT molecular complexity index is 781. The van der Waals surface area contributed by atoms with Crippen molar-refractivity contribution in [3.63, 3.8) is 0 Å². The van der Waals surface area contributed by atoms with E-state index in [1.807, 2.05) is 31.2 Å². The molecule has 1 amide bonds. The first-order valence-corrected chi connectivity index (χ1v) is 8.92. The molecular formula is C15H19N3O3S. The van der Waals surface area contributed by atoms with Gasteiger partial charge in [-0.2, -0.15) is 5.10 Å². The molecule has 1 atom stereocenters. The zero-order valence-corrected chi connectivity index (χ0v) is 13.6. The molecule has 0 bridgehead atoms. The minimum atomic E-state index is -3.19. The number of hydrogen-bond acceptors (Lipinski definition) is 4. The zero-order valence-electron chi connectivity index (χ0n) is 12.8. The fourth-order valence-electron chi connectivity index (χ4n) is 2.18. The lowest BCUT2D eigenvalue weighted by atomic mass is 10.1. The molecular weight excluding hydrogens is 302 g/mol. The normalized spacial score (nSPS) is 12.9. The Morgan fingerprint density at radius 3 is 2.68 bits per heavy atom. The van der Waals surface area contributed by atoms with E-state index >= 15 is 0 Å². The van der Waals surface area contributed by atoms with Gasteiger partial charge in [-0.15, -0.1) is 0 Å². The molecule has 22 heavy (non-hydrogen) atoms. The molecule has 0 saturated heterocycles. The fourth-order valence-corrected chi connectivity index (χ4v) is 3.24. The summed E-state index contributed by atoms with van der Waals surface area (Å²) >= 11 is 0. The number of nitrogens with zero attached hydrogens (tertiary/aromatic N) is 1. The summed E-state index contributed by atoms with van der Waals surface area (Å²) < 4.78 is 22.4. The number of aryl methyl sites for hydroxylation is 1. The van der Waals surface area contributed by atoms with Crippen LogP contribution >= 0.6 is 0 Å². The Labute approximate surface area is 129 Å². The summed E-state index contributed by atoms with van der Waals surface area (Å²) in [6, 6.07) is 9.55. The first-order chi connectivity index (χ1) is 10.3. The van der Waals surface area contributed by atoms with Crippen LogP contribution in [0.2, 0.25) is 0 Å². The Balaban J connectivity index is 2.10. The third-order valence-electron chi connectivity index (χ3n) is 3.26. The van der Waals surface area contributed by atoms with Gasteiger partial charge in [0.2, 0.25) is 5.91 Å². The van der Waals surface area contributed by atoms with Gasteiger partial charge in [0.1, 0.15) is 9.84 Å². The molecule has 0 fully saturated rings. The van der Waals surface area contributed by atoms with E-state index < -0.39 is 15.8 Å². The topological polar surface area (TPSA) is 91.9 Å². The molecule has 0 unspecified atom stereocenters. The summed E-state index contributed by atoms with van der Waals surface area (Å²) in [5.74, 6) is -0.807. The standard InChI is InChI=1S/C15H19N3O3S/c1-10-6-4-5-7-12(10)13-8-14(18-17-13)16-15(19)11(2)9-22(3,20)21/h4-8,11H,9H2,1-3H3,(H2,16,17,18,19)/t11-/m1/s1. The molecule has 0 aliphatic rings. The third-order valence-corrected chi connectivity index (χ3v) is 4.37. The number of H-pyrrole nitrogens is 1. The van der Waals surface area contributed by atoms with E-state index in [0.29, 0.717) is 5.82 Å². The Morgan fingerprint density at radius 2 is 2.05 bits per heavy atom. The minimum absolute atomic E-state index is 0.187. The predicted octanol–water partition coefficient (Wildman–Crippen LogP) is 2.00. The van der Waals surface area contributed by atoms with E-state index in [2.05, 4.69) is 15.5 Å². The predicted molar refractivity (Wildman–Crippen MR) is 86.3 cm³/mol. The number of sulfone groups is 1. The third kappa shape index (κ3) is 4.17. The van der Waals surface area contributed by atoms with Gasteiger partial charge in [0.25, 0.3) is 0 Å². The summed E-state index contributed by atoms with van der Waals surface area (Å²) in [5.41, 5.74) is 2.89. The molecule has 0 radical (unpaired) electrons. The average molecular weight is 321 g/mol. The van der Waals surface area contributed by atoms with Crippen LogP contribution in [-0.2, 0) is 14.6 Å². The van der Waals surface area contributed by atoms with Gasteiger partial charge in [-0.05, 0) is 12.5 Å². The second-order valence-corrected chi connectivity index (χ2v) is 7.65. The van der Waals surface area contributed by atoms with E-state index in [4.69, 9.17) is 0 Å². The van der Waals surface area contributed by atoms with Gasteiger partial charge in [0.15, 0.2) is 5.82 Å². The van der Waals surface area contributed by atoms with Crippen LogP contribution in [0.5, 0.6) is 0 Å². The lowest BCUT2D eigenvalue weighted by Crippen LogP contribution is -2.26. The highest BCUT2D eigenvalue weighted by atomic mass is 32.2. The van der Waals surface area contributed by atoms with E-state index in [-0.39, 0.29) is 11.7 Å². The van der Waals surface area contributed by atoms with Crippen LogP contribution in [0.4, 0.5) is 5.82 Å². The van der Waals surface area contributed by atoms with Gasteiger partial charge in [-0.3, -0.25) is 9.89 Å². The second-order valence-electron chi connectivity index (χ2n) is 5.46. The van der Waals surface area contributed by atoms with Crippen molar-refractivity contribution in [3.8, 4) is 11.3 Å². The van der Waals surface area contributed by atoms with Crippen LogP contribution in [0.3, 0.4) is 0 Å². The molecule has 1 aromatic carbocycles. The van der Waals surface area contributed by atoms with Crippen molar-refractivity contribution in [2.75, 3.05) is 17.3 Å². The van der Waals surface area contributed by atoms with Gasteiger partial charge in [0, 0.05) is 23.8 Å². The summed E-state index contributed by atoms with van der Waals surface area (Å²) in [4.78, 5) is 12.0. The highest BCUT2D eigenvalue weighted by Gasteiger charge is 2.19. The van der Waals surface area contributed by atoms with Crippen LogP contribution in [0.25, 0.3) is 11.3 Å². The van der Waals surface area contributed by atoms with Crippen molar-refractivity contribution in [1.82, 2.24) is 10.2 Å². The van der Waals surface area contributed by atoms with Crippen molar-refractivity contribution in [1.29, 1.82) is 0 Å². The molecule has 118 valence electrons. The van der Waals surface area contributed by atoms with Crippen LogP contribution < -0.4 is 5.32 Å². The highest BCUT2D eigenvalue weighted by molar-refractivity contribution is 7.90. The van der Waals surface area contributed by atoms with E-state index in [0.717, 1.165) is 23.1 Å². The van der Waals surface area contributed by atoms with E-state index in [1.54, 1.807) is 13.0 Å². The van der Waals surface area contributed by atoms with Gasteiger partial charge < -0.3 is 5.32 Å². The lowest BCUT2D eigenvalue weighted by Gasteiger charge is -2.08. The second kappa shape index (κ2) is 6.31. The number of aromatic amines is 1. The van der Waals surface area contributed by atoms with Gasteiger partial charge in [-0.25, -0.2) is 8.42 Å². The maximum atomic E-state index is 12.0. The summed E-state index contributed by atoms with van der Waals surface area (Å²) in [7, 11) is -3.19. The number of amides is 1. The monoisotopic (exact) mass is 321 g/mol. The minimum Gasteiger partial charge on any atom is -0.309 e. The Kier molecular flexibility index (Phi) is 4.65. The summed E-state index contributed by atoms with van der Waals surface area (Å²) in [5, 5.41) is 9.55. The Morgan fingerprint density at radius 1 is 1.36 bits per heavy atom. The molecule has 2 aromatic rings. The van der Waals surface area contributed by atoms with Crippen molar-refractivity contribution in [2.45, 2.75) is 13.8 Å². The number of benzene rings is 1. The quantitative estimate of drug-likeness (QED) is 0.881. The van der Waals surface area contributed by atoms with Crippen LogP contribution in [0.1, 0.15) is 12.5 Å². The molecule has 6 nitrogen and oxygen atoms in total. The number of rotatable bonds is 5. The van der Waals surface area contributed by atoms with Gasteiger partial charge in [0.05, 0.1) is 11.4 Å². The lowest BCUT2D eigenvalue weighted by molar-refractivity contribution is -0.118. The largest absolute Gasteiger partial charge is 0.309 e. The first-order valence-electron chi connectivity index (χ1n) is 6.86. The maximum Gasteiger partial charge on any atom is 0.229 e. The van der Waals surface area contributed by atoms with Crippen molar-refractivity contribution in [2.24, 2.45) is 5.92 Å². The maximum absolute atomic E-state index is 12.0. The van der Waals surface area contributed by atoms with E-state index in [1.165, 1.54) is 0 Å².